The van der Waals surface area contributed by atoms with Gasteiger partial charge in [0.1, 0.15) is 5.75 Å². The van der Waals surface area contributed by atoms with Gasteiger partial charge >= 0.3 is 18.1 Å². The van der Waals surface area contributed by atoms with Crippen molar-refractivity contribution in [1.29, 1.82) is 0 Å². The third-order valence-corrected chi connectivity index (χ3v) is 7.03. The van der Waals surface area contributed by atoms with Crippen LogP contribution in [0.3, 0.4) is 0 Å². The maximum absolute atomic E-state index is 13.1. The Bertz CT molecular complexity index is 1210. The highest BCUT2D eigenvalue weighted by Crippen LogP contribution is 2.28. The zero-order valence-electron chi connectivity index (χ0n) is 25.8. The molecule has 0 heterocycles. The van der Waals surface area contributed by atoms with Crippen molar-refractivity contribution in [3.63, 3.8) is 0 Å². The fourth-order valence-electron chi connectivity index (χ4n) is 4.44. The molecule has 1 atom stereocenters. The number of benzene rings is 3. The first kappa shape index (κ1) is 36.4. The van der Waals surface area contributed by atoms with Crippen molar-refractivity contribution >= 4 is 11.9 Å². The van der Waals surface area contributed by atoms with Crippen molar-refractivity contribution < 1.29 is 37.3 Å². The number of hydrogen-bond donors (Lipinski definition) is 1. The number of alkyl halides is 3. The van der Waals surface area contributed by atoms with Gasteiger partial charge < -0.3 is 14.6 Å². The Morgan fingerprint density at radius 1 is 0.682 bits per heavy atom. The summed E-state index contributed by atoms with van der Waals surface area (Å²) in [7, 11) is 0. The molecule has 0 bridgehead atoms. The van der Waals surface area contributed by atoms with Crippen LogP contribution in [0.15, 0.2) is 78.9 Å². The largest absolute Gasteiger partial charge is 0.494 e. The van der Waals surface area contributed by atoms with Crippen LogP contribution >= 0.6 is 0 Å². The Balaban J connectivity index is 0.000000329. The molecule has 0 aliphatic carbocycles. The molecule has 1 N–H and O–H groups in total. The van der Waals surface area contributed by atoms with Crippen LogP contribution in [0.5, 0.6) is 5.75 Å². The van der Waals surface area contributed by atoms with Crippen molar-refractivity contribution in [2.45, 2.75) is 96.8 Å². The molecule has 0 unspecified atom stereocenters. The van der Waals surface area contributed by atoms with Crippen molar-refractivity contribution in [3.05, 3.63) is 90.0 Å². The van der Waals surface area contributed by atoms with Gasteiger partial charge in [-0.15, -0.1) is 0 Å². The van der Waals surface area contributed by atoms with Crippen LogP contribution in [0.1, 0.15) is 105 Å². The fourth-order valence-corrected chi connectivity index (χ4v) is 4.44. The van der Waals surface area contributed by atoms with Crippen molar-refractivity contribution in [2.75, 3.05) is 6.61 Å². The molecule has 0 amide bonds. The topological polar surface area (TPSA) is 72.8 Å². The molecular weight excluding hydrogens is 569 g/mol. The van der Waals surface area contributed by atoms with E-state index in [4.69, 9.17) is 14.6 Å². The van der Waals surface area contributed by atoms with E-state index < -0.39 is 24.2 Å². The van der Waals surface area contributed by atoms with Crippen LogP contribution in [0, 0.1) is 0 Å². The second-order valence-electron chi connectivity index (χ2n) is 10.7. The summed E-state index contributed by atoms with van der Waals surface area (Å²) >= 11 is 0. The van der Waals surface area contributed by atoms with Gasteiger partial charge in [-0.05, 0) is 66.8 Å². The monoisotopic (exact) mass is 614 g/mol. The van der Waals surface area contributed by atoms with E-state index in [9.17, 15) is 22.8 Å². The molecule has 0 fully saturated rings. The molecule has 5 nitrogen and oxygen atoms in total. The minimum atomic E-state index is -4.55. The number of unbranched alkanes of at least 4 members (excludes halogenated alkanes) is 8. The molecular formula is C36H45F3O5. The lowest BCUT2D eigenvalue weighted by Crippen LogP contribution is -2.33. The average Bonchev–Trinajstić information content (AvgIpc) is 3.02. The first-order chi connectivity index (χ1) is 21.2. The number of esters is 1. The van der Waals surface area contributed by atoms with E-state index in [-0.39, 0.29) is 12.0 Å². The van der Waals surface area contributed by atoms with Crippen molar-refractivity contribution in [2.24, 2.45) is 0 Å². The van der Waals surface area contributed by atoms with Gasteiger partial charge in [-0.3, -0.25) is 0 Å². The molecule has 0 saturated heterocycles. The van der Waals surface area contributed by atoms with E-state index in [0.717, 1.165) is 36.1 Å². The summed E-state index contributed by atoms with van der Waals surface area (Å²) in [5.41, 5.74) is 2.26. The molecule has 0 aromatic heterocycles. The molecule has 44 heavy (non-hydrogen) atoms. The standard InChI is InChI=1S/C21H23F3O2.C15H22O3/c1-2-3-4-8-11-19(21(22,23)24)26-20(25)18-14-12-17(13-15-18)16-9-6-5-7-10-16;1-2-3-4-5-6-7-12-18-14-10-8-13(9-11-14)15(16)17/h5-7,9-10,12-15,19H,2-4,8,11H2,1H3;8-11H,2-7,12H2,1H3,(H,16,17)/t19-;/m1./s1. The maximum Gasteiger partial charge on any atom is 0.425 e. The fraction of sp³-hybridized carbons (Fsp3) is 0.444. The van der Waals surface area contributed by atoms with E-state index in [0.29, 0.717) is 25.0 Å². The number of halogens is 3. The number of hydrogen-bond acceptors (Lipinski definition) is 4. The summed E-state index contributed by atoms with van der Waals surface area (Å²) in [5, 5.41) is 8.75. The molecule has 3 rings (SSSR count). The summed E-state index contributed by atoms with van der Waals surface area (Å²) in [6.07, 6.45) is 3.53. The van der Waals surface area contributed by atoms with Gasteiger partial charge in [-0.1, -0.05) is 108 Å². The molecule has 0 aliphatic rings. The smallest absolute Gasteiger partial charge is 0.425 e. The van der Waals surface area contributed by atoms with E-state index >= 15 is 0 Å². The highest BCUT2D eigenvalue weighted by atomic mass is 19.4. The number of carboxylic acid groups (broad SMARTS) is 1. The number of ether oxygens (including phenoxy) is 2. The summed E-state index contributed by atoms with van der Waals surface area (Å²) in [6, 6.07) is 22.5. The lowest BCUT2D eigenvalue weighted by Gasteiger charge is -2.20. The third kappa shape index (κ3) is 14.1. The number of rotatable bonds is 17. The van der Waals surface area contributed by atoms with Crippen LogP contribution in [0.4, 0.5) is 13.2 Å². The van der Waals surface area contributed by atoms with Crippen molar-refractivity contribution in [1.82, 2.24) is 0 Å². The quantitative estimate of drug-likeness (QED) is 0.121. The number of carbonyl (C=O) groups excluding carboxylic acids is 1. The molecule has 0 saturated carbocycles. The highest BCUT2D eigenvalue weighted by Gasteiger charge is 2.42. The number of carboxylic acids is 1. The predicted octanol–water partition coefficient (Wildman–Crippen LogP) is 10.5. The first-order valence-electron chi connectivity index (χ1n) is 15.5. The molecule has 3 aromatic carbocycles. The van der Waals surface area contributed by atoms with Crippen LogP contribution in [0.25, 0.3) is 11.1 Å². The normalized spacial score (nSPS) is 11.7. The van der Waals surface area contributed by atoms with Gasteiger partial charge in [0.2, 0.25) is 0 Å². The zero-order valence-corrected chi connectivity index (χ0v) is 25.8. The Labute approximate surface area is 259 Å². The first-order valence-corrected chi connectivity index (χ1v) is 15.5. The summed E-state index contributed by atoms with van der Waals surface area (Å²) in [5.74, 6) is -1.10. The predicted molar refractivity (Wildman–Crippen MR) is 168 cm³/mol. The molecule has 0 spiro atoms. The second-order valence-corrected chi connectivity index (χ2v) is 10.7. The van der Waals surface area contributed by atoms with Crippen LogP contribution in [0.2, 0.25) is 0 Å². The Kier molecular flexibility index (Phi) is 16.7. The van der Waals surface area contributed by atoms with Gasteiger partial charge in [0.15, 0.2) is 6.10 Å². The van der Waals surface area contributed by atoms with Gasteiger partial charge in [-0.2, -0.15) is 13.2 Å². The SMILES string of the molecule is CCCCCCCCOc1ccc(C(=O)O)cc1.CCCCCC[C@@H](OC(=O)c1ccc(-c2ccccc2)cc1)C(F)(F)F. The maximum atomic E-state index is 13.1. The van der Waals surface area contributed by atoms with Gasteiger partial charge in [0.05, 0.1) is 17.7 Å². The zero-order chi connectivity index (χ0) is 32.2. The summed E-state index contributed by atoms with van der Waals surface area (Å²) < 4.78 is 49.7. The molecule has 240 valence electrons. The number of aromatic carboxylic acids is 1. The Morgan fingerprint density at radius 2 is 1.20 bits per heavy atom. The lowest BCUT2D eigenvalue weighted by atomic mass is 10.0. The van der Waals surface area contributed by atoms with E-state index in [1.165, 1.54) is 44.2 Å². The highest BCUT2D eigenvalue weighted by molar-refractivity contribution is 5.90. The van der Waals surface area contributed by atoms with Gasteiger partial charge in [-0.25, -0.2) is 9.59 Å². The minimum Gasteiger partial charge on any atom is -0.494 e. The summed E-state index contributed by atoms with van der Waals surface area (Å²) in [4.78, 5) is 22.8. The molecule has 3 aromatic rings. The Morgan fingerprint density at radius 3 is 1.77 bits per heavy atom. The van der Waals surface area contributed by atoms with E-state index in [2.05, 4.69) is 6.92 Å². The van der Waals surface area contributed by atoms with Crippen LogP contribution in [-0.4, -0.2) is 35.9 Å². The second kappa shape index (κ2) is 20.2. The van der Waals surface area contributed by atoms with Gasteiger partial charge in [0, 0.05) is 0 Å². The molecule has 0 aliphatic heterocycles. The van der Waals surface area contributed by atoms with Crippen molar-refractivity contribution in [3.8, 4) is 16.9 Å². The third-order valence-electron chi connectivity index (χ3n) is 7.03. The van der Waals surface area contributed by atoms with Gasteiger partial charge in [0.25, 0.3) is 0 Å². The summed E-state index contributed by atoms with van der Waals surface area (Å²) in [6.45, 7) is 4.91. The molecule has 0 radical (unpaired) electrons. The Hall–Kier alpha value is -3.81. The minimum absolute atomic E-state index is 0.118. The lowest BCUT2D eigenvalue weighted by molar-refractivity contribution is -0.206. The average molecular weight is 615 g/mol. The van der Waals surface area contributed by atoms with E-state index in [1.807, 2.05) is 37.3 Å². The van der Waals surface area contributed by atoms with E-state index in [1.54, 1.807) is 36.4 Å². The number of carbonyl (C=O) groups is 2. The van der Waals surface area contributed by atoms with Crippen LogP contribution in [-0.2, 0) is 4.74 Å². The molecule has 8 heteroatoms. The van der Waals surface area contributed by atoms with Crippen LogP contribution < -0.4 is 4.74 Å².